The molecule has 0 unspecified atom stereocenters. The maximum absolute atomic E-state index is 13.5. The fourth-order valence-electron chi connectivity index (χ4n) is 5.12. The highest BCUT2D eigenvalue weighted by atomic mass is 19.4. The number of aromatic nitrogens is 4. The Kier molecular flexibility index (Phi) is 9.18. The number of alkyl halides is 3. The van der Waals surface area contributed by atoms with Crippen molar-refractivity contribution in [2.45, 2.75) is 57.5 Å². The number of amides is 3. The molecule has 43 heavy (non-hydrogen) atoms. The standard InChI is InChI=1S/C30H30F3N7O3/c31-30(32,33)43-26-9-5-4-8-24(26)18-34-29(42)40(25-16-14-22(15-17-25)21-6-2-1-3-7-21)19-20-10-12-23(13-11-20)27(41)35-28-36-38-39-37-28/h4-5,8-17,21H,1-3,6-7,18-19H2,(H,34,42)(H2,35,36,37,38,39,41). The molecule has 10 nitrogen and oxygen atoms in total. The van der Waals surface area contributed by atoms with Gasteiger partial charge in [-0.15, -0.1) is 18.3 Å². The Hall–Kier alpha value is -4.94. The number of benzene rings is 3. The first kappa shape index (κ1) is 29.5. The van der Waals surface area contributed by atoms with Crippen LogP contribution in [0, 0.1) is 0 Å². The number of tetrazole rings is 1. The molecular weight excluding hydrogens is 563 g/mol. The molecule has 0 saturated heterocycles. The van der Waals surface area contributed by atoms with E-state index < -0.39 is 18.3 Å². The molecule has 0 spiro atoms. The van der Waals surface area contributed by atoms with Crippen LogP contribution in [0.25, 0.3) is 0 Å². The van der Waals surface area contributed by atoms with Crippen molar-refractivity contribution < 1.29 is 27.5 Å². The van der Waals surface area contributed by atoms with E-state index in [2.05, 4.69) is 36.0 Å². The lowest BCUT2D eigenvalue weighted by atomic mass is 9.84. The molecule has 1 aliphatic rings. The molecular formula is C30H30F3N7O3. The molecule has 1 saturated carbocycles. The molecule has 0 bridgehead atoms. The van der Waals surface area contributed by atoms with Gasteiger partial charge in [-0.25, -0.2) is 4.79 Å². The van der Waals surface area contributed by atoms with E-state index in [4.69, 9.17) is 0 Å². The summed E-state index contributed by atoms with van der Waals surface area (Å²) < 4.78 is 42.8. The van der Waals surface area contributed by atoms with Crippen LogP contribution in [0.1, 0.15) is 65.1 Å². The maximum atomic E-state index is 13.5. The van der Waals surface area contributed by atoms with Crippen molar-refractivity contribution in [2.24, 2.45) is 0 Å². The molecule has 3 N–H and O–H groups in total. The van der Waals surface area contributed by atoms with Gasteiger partial charge in [0, 0.05) is 23.4 Å². The fraction of sp³-hybridized carbons (Fsp3) is 0.300. The summed E-state index contributed by atoms with van der Waals surface area (Å²) in [6.07, 6.45) is 1.05. The highest BCUT2D eigenvalue weighted by Gasteiger charge is 2.32. The van der Waals surface area contributed by atoms with Gasteiger partial charge in [0.1, 0.15) is 5.75 Å². The predicted molar refractivity (Wildman–Crippen MR) is 152 cm³/mol. The van der Waals surface area contributed by atoms with E-state index in [0.717, 1.165) is 18.4 Å². The minimum absolute atomic E-state index is 0.0378. The van der Waals surface area contributed by atoms with Gasteiger partial charge in [0.25, 0.3) is 11.9 Å². The van der Waals surface area contributed by atoms with Gasteiger partial charge >= 0.3 is 12.4 Å². The first-order valence-corrected chi connectivity index (χ1v) is 13.9. The summed E-state index contributed by atoms with van der Waals surface area (Å²) in [5, 5.41) is 18.3. The third-order valence-corrected chi connectivity index (χ3v) is 7.28. The molecule has 3 amide bonds. The van der Waals surface area contributed by atoms with Crippen molar-refractivity contribution in [3.8, 4) is 5.75 Å². The molecule has 13 heteroatoms. The number of ether oxygens (including phenoxy) is 1. The van der Waals surface area contributed by atoms with Gasteiger partial charge in [0.05, 0.1) is 6.54 Å². The lowest BCUT2D eigenvalue weighted by Crippen LogP contribution is -2.39. The number of hydrogen-bond acceptors (Lipinski definition) is 6. The molecule has 224 valence electrons. The number of anilines is 2. The van der Waals surface area contributed by atoms with Gasteiger partial charge in [-0.3, -0.25) is 15.0 Å². The average molecular weight is 594 g/mol. The zero-order valence-electron chi connectivity index (χ0n) is 23.1. The van der Waals surface area contributed by atoms with E-state index in [1.54, 1.807) is 30.3 Å². The minimum Gasteiger partial charge on any atom is -0.405 e. The van der Waals surface area contributed by atoms with Crippen molar-refractivity contribution in [1.29, 1.82) is 0 Å². The summed E-state index contributed by atoms with van der Waals surface area (Å²) in [5.41, 5.74) is 3.10. The molecule has 3 aromatic carbocycles. The highest BCUT2D eigenvalue weighted by Crippen LogP contribution is 2.34. The second-order valence-electron chi connectivity index (χ2n) is 10.2. The monoisotopic (exact) mass is 593 g/mol. The van der Waals surface area contributed by atoms with E-state index in [0.29, 0.717) is 17.2 Å². The van der Waals surface area contributed by atoms with Gasteiger partial charge in [-0.2, -0.15) is 5.21 Å². The van der Waals surface area contributed by atoms with E-state index >= 15 is 0 Å². The van der Waals surface area contributed by atoms with Gasteiger partial charge in [-0.05, 0) is 65.4 Å². The maximum Gasteiger partial charge on any atom is 0.573 e. The van der Waals surface area contributed by atoms with Crippen molar-refractivity contribution in [3.63, 3.8) is 0 Å². The molecule has 0 atom stereocenters. The van der Waals surface area contributed by atoms with Gasteiger partial charge in [0.15, 0.2) is 0 Å². The summed E-state index contributed by atoms with van der Waals surface area (Å²) in [5.74, 6) is -0.286. The Labute approximate surface area is 245 Å². The Balaban J connectivity index is 1.33. The first-order valence-electron chi connectivity index (χ1n) is 13.9. The number of rotatable bonds is 9. The van der Waals surface area contributed by atoms with E-state index in [9.17, 15) is 22.8 Å². The van der Waals surface area contributed by atoms with Crippen molar-refractivity contribution in [1.82, 2.24) is 25.9 Å². The highest BCUT2D eigenvalue weighted by molar-refractivity contribution is 6.03. The topological polar surface area (TPSA) is 125 Å². The number of urea groups is 1. The summed E-state index contributed by atoms with van der Waals surface area (Å²) in [6, 6.07) is 19.6. The number of hydrogen-bond donors (Lipinski definition) is 3. The second kappa shape index (κ2) is 13.4. The fourth-order valence-corrected chi connectivity index (χ4v) is 5.12. The van der Waals surface area contributed by atoms with Crippen LogP contribution in [0.2, 0.25) is 0 Å². The van der Waals surface area contributed by atoms with E-state index in [1.807, 2.05) is 24.3 Å². The molecule has 1 aromatic heterocycles. The number of nitrogens with one attached hydrogen (secondary N) is 3. The number of H-pyrrole nitrogens is 1. The Morgan fingerprint density at radius 1 is 0.953 bits per heavy atom. The number of halogens is 3. The zero-order chi connectivity index (χ0) is 30.2. The normalized spacial score (nSPS) is 13.7. The largest absolute Gasteiger partial charge is 0.573 e. The van der Waals surface area contributed by atoms with Crippen LogP contribution >= 0.6 is 0 Å². The molecule has 1 fully saturated rings. The molecule has 1 aliphatic carbocycles. The molecule has 4 aromatic rings. The minimum atomic E-state index is -4.86. The quantitative estimate of drug-likeness (QED) is 0.209. The van der Waals surface area contributed by atoms with Crippen molar-refractivity contribution in [2.75, 3.05) is 10.2 Å². The van der Waals surface area contributed by atoms with Gasteiger partial charge in [0.2, 0.25) is 0 Å². The number of nitrogens with zero attached hydrogens (tertiary/aromatic N) is 4. The smallest absolute Gasteiger partial charge is 0.405 e. The Morgan fingerprint density at radius 2 is 1.67 bits per heavy atom. The summed E-state index contributed by atoms with van der Waals surface area (Å²) in [4.78, 5) is 27.5. The summed E-state index contributed by atoms with van der Waals surface area (Å²) >= 11 is 0. The molecule has 1 heterocycles. The lowest BCUT2D eigenvalue weighted by molar-refractivity contribution is -0.274. The molecule has 5 rings (SSSR count). The molecule has 0 aliphatic heterocycles. The summed E-state index contributed by atoms with van der Waals surface area (Å²) in [7, 11) is 0. The SMILES string of the molecule is O=C(Nc1nn[nH]n1)c1ccc(CN(C(=O)NCc2ccccc2OC(F)(F)F)c2ccc(C3CCCCC3)cc2)cc1. The van der Waals surface area contributed by atoms with E-state index in [-0.39, 0.29) is 30.4 Å². The van der Waals surface area contributed by atoms with Crippen LogP contribution in [0.3, 0.4) is 0 Å². The van der Waals surface area contributed by atoms with Crippen LogP contribution in [0.5, 0.6) is 5.75 Å². The third-order valence-electron chi connectivity index (χ3n) is 7.28. The van der Waals surface area contributed by atoms with Crippen LogP contribution in [0.15, 0.2) is 72.8 Å². The Bertz CT molecular complexity index is 1510. The predicted octanol–water partition coefficient (Wildman–Crippen LogP) is 6.31. The van der Waals surface area contributed by atoms with Crippen molar-refractivity contribution in [3.05, 3.63) is 95.1 Å². The Morgan fingerprint density at radius 3 is 2.35 bits per heavy atom. The van der Waals surface area contributed by atoms with Gasteiger partial charge in [-0.1, -0.05) is 66.8 Å². The van der Waals surface area contributed by atoms with Crippen molar-refractivity contribution >= 4 is 23.6 Å². The average Bonchev–Trinajstić information content (AvgIpc) is 3.52. The van der Waals surface area contributed by atoms with Crippen LogP contribution < -0.4 is 20.3 Å². The zero-order valence-corrected chi connectivity index (χ0v) is 23.1. The number of carbonyl (C=O) groups is 2. The lowest BCUT2D eigenvalue weighted by Gasteiger charge is -2.26. The third kappa shape index (κ3) is 8.09. The van der Waals surface area contributed by atoms with E-state index in [1.165, 1.54) is 47.9 Å². The summed E-state index contributed by atoms with van der Waals surface area (Å²) in [6.45, 7) is -0.0427. The van der Waals surface area contributed by atoms with Gasteiger partial charge < -0.3 is 10.1 Å². The first-order chi connectivity index (χ1) is 20.7. The number of carbonyl (C=O) groups excluding carboxylic acids is 2. The number of aromatic amines is 1. The van der Waals surface area contributed by atoms with Crippen LogP contribution in [0.4, 0.5) is 29.6 Å². The second-order valence-corrected chi connectivity index (χ2v) is 10.2. The molecule has 0 radical (unpaired) electrons. The van der Waals surface area contributed by atoms with Crippen LogP contribution in [-0.4, -0.2) is 38.9 Å². The number of para-hydroxylation sites is 1. The van der Waals surface area contributed by atoms with Crippen LogP contribution in [-0.2, 0) is 13.1 Å².